The van der Waals surface area contributed by atoms with Gasteiger partial charge in [-0.2, -0.15) is 0 Å². The number of unbranched alkanes of at least 4 members (excludes halogenated alkanes) is 20. The molecule has 0 aromatic heterocycles. The van der Waals surface area contributed by atoms with Gasteiger partial charge < -0.3 is 14.2 Å². The minimum Gasteiger partial charge on any atom is -0.462 e. The predicted octanol–water partition coefficient (Wildman–Crippen LogP) is 17.8. The third-order valence-electron chi connectivity index (χ3n) is 11.0. The maximum atomic E-state index is 12.8. The Hall–Kier alpha value is -3.67. The van der Waals surface area contributed by atoms with Gasteiger partial charge in [-0.15, -0.1) is 0 Å². The molecular weight excluding hydrogens is 805 g/mol. The van der Waals surface area contributed by atoms with Crippen molar-refractivity contribution in [3.05, 3.63) is 97.2 Å². The van der Waals surface area contributed by atoms with Gasteiger partial charge in [0.25, 0.3) is 0 Å². The summed E-state index contributed by atoms with van der Waals surface area (Å²) in [5.41, 5.74) is 0. The standard InChI is InChI=1S/C59H98O6/c1-4-7-10-13-16-19-22-25-27-29-31-34-37-40-43-46-49-52-58(61)64-55-56(54-63-57(60)51-48-45-42-39-36-33-24-21-18-15-12-9-6-3)65-59(62)53-50-47-44-41-38-35-32-30-28-26-23-20-17-14-11-8-5-2/h8,11,16-17,19-21,24-28,31-32,34-35,56H,4-7,9-10,12-15,18,22-23,29-30,33,36-55H2,1-3H3/b11-8-,19-16-,20-17-,24-21-,27-25-,28-26-,34-31-,35-32-/t56-/m0/s1. The molecule has 6 heteroatoms. The van der Waals surface area contributed by atoms with Crippen LogP contribution in [0.5, 0.6) is 0 Å². The fraction of sp³-hybridized carbons (Fsp3) is 0.678. The number of esters is 3. The van der Waals surface area contributed by atoms with Crippen LogP contribution in [0.3, 0.4) is 0 Å². The zero-order valence-electron chi connectivity index (χ0n) is 42.2. The number of hydrogen-bond donors (Lipinski definition) is 0. The van der Waals surface area contributed by atoms with E-state index in [0.717, 1.165) is 135 Å². The molecule has 0 aliphatic carbocycles. The van der Waals surface area contributed by atoms with Crippen molar-refractivity contribution >= 4 is 17.9 Å². The van der Waals surface area contributed by atoms with Crippen molar-refractivity contribution < 1.29 is 28.6 Å². The van der Waals surface area contributed by atoms with E-state index >= 15 is 0 Å². The van der Waals surface area contributed by atoms with E-state index < -0.39 is 6.10 Å². The lowest BCUT2D eigenvalue weighted by Gasteiger charge is -2.18. The summed E-state index contributed by atoms with van der Waals surface area (Å²) in [6.45, 7) is 6.43. The minimum atomic E-state index is -0.804. The molecule has 0 aliphatic rings. The molecular formula is C59H98O6. The van der Waals surface area contributed by atoms with Crippen LogP contribution >= 0.6 is 0 Å². The molecule has 65 heavy (non-hydrogen) atoms. The Kier molecular flexibility index (Phi) is 50.0. The number of ether oxygens (including phenoxy) is 3. The van der Waals surface area contributed by atoms with Gasteiger partial charge in [0.15, 0.2) is 6.10 Å². The Balaban J connectivity index is 4.49. The molecule has 0 saturated heterocycles. The van der Waals surface area contributed by atoms with Gasteiger partial charge >= 0.3 is 17.9 Å². The lowest BCUT2D eigenvalue weighted by atomic mass is 10.1. The van der Waals surface area contributed by atoms with Crippen LogP contribution in [-0.4, -0.2) is 37.2 Å². The summed E-state index contributed by atoms with van der Waals surface area (Å²) >= 11 is 0. The molecule has 6 nitrogen and oxygen atoms in total. The molecule has 0 unspecified atom stereocenters. The molecule has 0 amide bonds. The Morgan fingerprint density at radius 2 is 0.600 bits per heavy atom. The van der Waals surface area contributed by atoms with E-state index in [1.165, 1.54) is 64.2 Å². The lowest BCUT2D eigenvalue weighted by Crippen LogP contribution is -2.30. The van der Waals surface area contributed by atoms with Crippen molar-refractivity contribution in [3.63, 3.8) is 0 Å². The molecule has 0 aliphatic heterocycles. The molecule has 0 bridgehead atoms. The number of hydrogen-bond acceptors (Lipinski definition) is 6. The van der Waals surface area contributed by atoms with Gasteiger partial charge in [-0.25, -0.2) is 0 Å². The van der Waals surface area contributed by atoms with E-state index in [4.69, 9.17) is 14.2 Å². The normalized spacial score (nSPS) is 12.8. The van der Waals surface area contributed by atoms with E-state index in [9.17, 15) is 14.4 Å². The first kappa shape index (κ1) is 61.3. The van der Waals surface area contributed by atoms with Gasteiger partial charge in [0, 0.05) is 19.3 Å². The molecule has 370 valence electrons. The second-order valence-electron chi connectivity index (χ2n) is 17.4. The first-order valence-corrected chi connectivity index (χ1v) is 26.7. The van der Waals surface area contributed by atoms with Crippen molar-refractivity contribution in [2.24, 2.45) is 0 Å². The summed E-state index contributed by atoms with van der Waals surface area (Å²) in [6, 6.07) is 0. The van der Waals surface area contributed by atoms with Crippen LogP contribution in [0.4, 0.5) is 0 Å². The fourth-order valence-electron chi connectivity index (χ4n) is 7.02. The quantitative estimate of drug-likeness (QED) is 0.0262. The molecule has 0 aromatic carbocycles. The second kappa shape index (κ2) is 52.9. The molecule has 0 fully saturated rings. The van der Waals surface area contributed by atoms with E-state index in [1.807, 2.05) is 0 Å². The van der Waals surface area contributed by atoms with Crippen molar-refractivity contribution in [1.82, 2.24) is 0 Å². The fourth-order valence-corrected chi connectivity index (χ4v) is 7.02. The summed E-state index contributed by atoms with van der Waals surface area (Å²) in [7, 11) is 0. The van der Waals surface area contributed by atoms with Gasteiger partial charge in [0.1, 0.15) is 13.2 Å². The highest BCUT2D eigenvalue weighted by molar-refractivity contribution is 5.71. The molecule has 1 atom stereocenters. The number of allylic oxidation sites excluding steroid dienone is 16. The van der Waals surface area contributed by atoms with Gasteiger partial charge in [-0.3, -0.25) is 14.4 Å². The highest BCUT2D eigenvalue weighted by Crippen LogP contribution is 2.13. The van der Waals surface area contributed by atoms with Crippen LogP contribution in [0.15, 0.2) is 97.2 Å². The van der Waals surface area contributed by atoms with Crippen molar-refractivity contribution in [2.45, 2.75) is 245 Å². The number of carbonyl (C=O) groups excluding carboxylic acids is 3. The minimum absolute atomic E-state index is 0.100. The molecule has 0 rings (SSSR count). The first-order valence-electron chi connectivity index (χ1n) is 26.7. The molecule has 0 saturated carbocycles. The van der Waals surface area contributed by atoms with Crippen LogP contribution in [0.1, 0.15) is 239 Å². The van der Waals surface area contributed by atoms with Crippen molar-refractivity contribution in [2.75, 3.05) is 13.2 Å². The van der Waals surface area contributed by atoms with E-state index in [1.54, 1.807) is 0 Å². The van der Waals surface area contributed by atoms with Crippen LogP contribution in [-0.2, 0) is 28.6 Å². The summed E-state index contributed by atoms with van der Waals surface area (Å²) in [6.07, 6.45) is 69.5. The highest BCUT2D eigenvalue weighted by Gasteiger charge is 2.19. The first-order chi connectivity index (χ1) is 32.0. The molecule has 0 spiro atoms. The lowest BCUT2D eigenvalue weighted by molar-refractivity contribution is -0.167. The number of carbonyl (C=O) groups is 3. The average Bonchev–Trinajstić information content (AvgIpc) is 3.30. The average molecular weight is 903 g/mol. The Bertz CT molecular complexity index is 1310. The Morgan fingerprint density at radius 3 is 0.985 bits per heavy atom. The van der Waals surface area contributed by atoms with Gasteiger partial charge in [-0.1, -0.05) is 195 Å². The summed E-state index contributed by atoms with van der Waals surface area (Å²) in [4.78, 5) is 38.0. The smallest absolute Gasteiger partial charge is 0.306 e. The molecule has 0 N–H and O–H groups in total. The maximum Gasteiger partial charge on any atom is 0.306 e. The predicted molar refractivity (Wildman–Crippen MR) is 279 cm³/mol. The molecule has 0 radical (unpaired) electrons. The van der Waals surface area contributed by atoms with E-state index in [0.29, 0.717) is 19.3 Å². The van der Waals surface area contributed by atoms with Gasteiger partial charge in [0.05, 0.1) is 0 Å². The highest BCUT2D eigenvalue weighted by atomic mass is 16.6. The third kappa shape index (κ3) is 51.2. The topological polar surface area (TPSA) is 78.9 Å². The number of rotatable bonds is 47. The van der Waals surface area contributed by atoms with Crippen molar-refractivity contribution in [3.8, 4) is 0 Å². The van der Waals surface area contributed by atoms with E-state index in [-0.39, 0.29) is 31.1 Å². The van der Waals surface area contributed by atoms with Gasteiger partial charge in [-0.05, 0) is 122 Å². The van der Waals surface area contributed by atoms with Gasteiger partial charge in [0.2, 0.25) is 0 Å². The van der Waals surface area contributed by atoms with Crippen LogP contribution < -0.4 is 0 Å². The third-order valence-corrected chi connectivity index (χ3v) is 11.0. The Labute approximate surface area is 400 Å². The Morgan fingerprint density at radius 1 is 0.323 bits per heavy atom. The van der Waals surface area contributed by atoms with Crippen molar-refractivity contribution in [1.29, 1.82) is 0 Å². The zero-order chi connectivity index (χ0) is 47.2. The molecule has 0 aromatic rings. The van der Waals surface area contributed by atoms with Crippen LogP contribution in [0.25, 0.3) is 0 Å². The second-order valence-corrected chi connectivity index (χ2v) is 17.4. The summed E-state index contributed by atoms with van der Waals surface area (Å²) in [5, 5.41) is 0. The SMILES string of the molecule is CC/C=C\C/C=C\C/C=C\C/C=C\CCCCCCC(=O)O[C@H](COC(=O)CCCCCC/C=C\C/C=C\C/C=C\CCCCC)COC(=O)CCCCCCC/C=C\CCCCCC. The monoisotopic (exact) mass is 903 g/mol. The van der Waals surface area contributed by atoms with Crippen LogP contribution in [0, 0.1) is 0 Å². The van der Waals surface area contributed by atoms with Crippen LogP contribution in [0.2, 0.25) is 0 Å². The largest absolute Gasteiger partial charge is 0.462 e. The van der Waals surface area contributed by atoms with E-state index in [2.05, 4.69) is 118 Å². The summed E-state index contributed by atoms with van der Waals surface area (Å²) < 4.78 is 16.8. The summed E-state index contributed by atoms with van der Waals surface area (Å²) in [5.74, 6) is -0.956. The molecule has 0 heterocycles. The maximum absolute atomic E-state index is 12.8. The zero-order valence-corrected chi connectivity index (χ0v) is 42.2.